The van der Waals surface area contributed by atoms with Crippen LogP contribution in [0.15, 0.2) is 42.6 Å². The lowest BCUT2D eigenvalue weighted by Crippen LogP contribution is -2.34. The number of nitrogens with zero attached hydrogens (tertiary/aromatic N) is 2. The number of rotatable bonds is 4. The van der Waals surface area contributed by atoms with Gasteiger partial charge in [-0.15, -0.1) is 0 Å². The van der Waals surface area contributed by atoms with Crippen molar-refractivity contribution in [2.24, 2.45) is 5.92 Å². The molecule has 2 aromatic rings. The minimum Gasteiger partial charge on any atom is -0.370 e. The highest BCUT2D eigenvalue weighted by atomic mass is 16.2. The average Bonchev–Trinajstić information content (AvgIpc) is 2.61. The van der Waals surface area contributed by atoms with Gasteiger partial charge < -0.3 is 15.5 Å². The molecule has 1 aliphatic heterocycles. The minimum atomic E-state index is -0.275. The number of aromatic nitrogens is 1. The van der Waals surface area contributed by atoms with Gasteiger partial charge in [-0.2, -0.15) is 0 Å². The summed E-state index contributed by atoms with van der Waals surface area (Å²) in [4.78, 5) is 30.2. The monoisotopic (exact) mass is 352 g/mol. The molecule has 1 unspecified atom stereocenters. The van der Waals surface area contributed by atoms with Crippen molar-refractivity contribution in [3.8, 4) is 0 Å². The summed E-state index contributed by atoms with van der Waals surface area (Å²) in [5.41, 5.74) is 2.67. The summed E-state index contributed by atoms with van der Waals surface area (Å²) >= 11 is 0. The highest BCUT2D eigenvalue weighted by molar-refractivity contribution is 6.03. The molecule has 0 spiro atoms. The van der Waals surface area contributed by atoms with Gasteiger partial charge in [0.1, 0.15) is 5.69 Å². The first-order chi connectivity index (χ1) is 12.5. The Morgan fingerprint density at radius 1 is 1.15 bits per heavy atom. The third-order valence-electron chi connectivity index (χ3n) is 4.44. The number of amides is 2. The first kappa shape index (κ1) is 17.9. The Balaban J connectivity index is 1.65. The van der Waals surface area contributed by atoms with Gasteiger partial charge in [0.15, 0.2) is 0 Å². The third-order valence-corrected chi connectivity index (χ3v) is 4.44. The standard InChI is InChI=1S/C20H24N4O2/c1-14-5-4-10-24(13-14)18-8-9-19(21-12-18)20(26)23-17-7-3-6-16(11-17)22-15(2)25/h3,6-9,11-12,14H,4-5,10,13H2,1-2H3,(H,22,25)(H,23,26). The molecule has 136 valence electrons. The van der Waals surface area contributed by atoms with E-state index in [1.54, 1.807) is 36.5 Å². The normalized spacial score (nSPS) is 16.8. The lowest BCUT2D eigenvalue weighted by atomic mass is 10.00. The molecule has 1 atom stereocenters. The maximum atomic E-state index is 12.4. The van der Waals surface area contributed by atoms with Gasteiger partial charge >= 0.3 is 0 Å². The molecule has 6 heteroatoms. The van der Waals surface area contributed by atoms with Crippen molar-refractivity contribution in [3.63, 3.8) is 0 Å². The van der Waals surface area contributed by atoms with Gasteiger partial charge in [0.25, 0.3) is 5.91 Å². The number of nitrogens with one attached hydrogen (secondary N) is 2. The molecule has 0 radical (unpaired) electrons. The Bertz CT molecular complexity index is 789. The molecule has 3 rings (SSSR count). The highest BCUT2D eigenvalue weighted by Gasteiger charge is 2.17. The van der Waals surface area contributed by atoms with Gasteiger partial charge in [-0.1, -0.05) is 13.0 Å². The number of carbonyl (C=O) groups excluding carboxylic acids is 2. The van der Waals surface area contributed by atoms with Crippen LogP contribution in [0.4, 0.5) is 17.1 Å². The fourth-order valence-corrected chi connectivity index (χ4v) is 3.20. The molecule has 0 saturated carbocycles. The molecule has 1 saturated heterocycles. The van der Waals surface area contributed by atoms with E-state index in [1.165, 1.54) is 19.8 Å². The van der Waals surface area contributed by atoms with Crippen LogP contribution in [0.2, 0.25) is 0 Å². The van der Waals surface area contributed by atoms with E-state index < -0.39 is 0 Å². The van der Waals surface area contributed by atoms with Crippen molar-refractivity contribution in [1.29, 1.82) is 0 Å². The third kappa shape index (κ3) is 4.59. The zero-order valence-electron chi connectivity index (χ0n) is 15.2. The van der Waals surface area contributed by atoms with E-state index in [2.05, 4.69) is 27.4 Å². The van der Waals surface area contributed by atoms with Crippen molar-refractivity contribution >= 4 is 28.9 Å². The SMILES string of the molecule is CC(=O)Nc1cccc(NC(=O)c2ccc(N3CCCC(C)C3)cn2)c1. The summed E-state index contributed by atoms with van der Waals surface area (Å²) < 4.78 is 0. The summed E-state index contributed by atoms with van der Waals surface area (Å²) in [6.45, 7) is 5.77. The van der Waals surface area contributed by atoms with Crippen molar-refractivity contribution < 1.29 is 9.59 Å². The molecule has 6 nitrogen and oxygen atoms in total. The Hall–Kier alpha value is -2.89. The van der Waals surface area contributed by atoms with Gasteiger partial charge in [-0.05, 0) is 49.1 Å². The Kier molecular flexibility index (Phi) is 5.51. The molecule has 1 aromatic heterocycles. The van der Waals surface area contributed by atoms with Gasteiger partial charge in [0, 0.05) is 31.4 Å². The van der Waals surface area contributed by atoms with E-state index in [1.807, 2.05) is 6.07 Å². The van der Waals surface area contributed by atoms with Crippen molar-refractivity contribution in [2.45, 2.75) is 26.7 Å². The number of anilines is 3. The molecule has 26 heavy (non-hydrogen) atoms. The number of benzene rings is 1. The summed E-state index contributed by atoms with van der Waals surface area (Å²) in [6, 6.07) is 10.7. The second-order valence-electron chi connectivity index (χ2n) is 6.81. The predicted octanol–water partition coefficient (Wildman–Crippen LogP) is 3.53. The van der Waals surface area contributed by atoms with Crippen molar-refractivity contribution in [3.05, 3.63) is 48.3 Å². The number of carbonyl (C=O) groups is 2. The van der Waals surface area contributed by atoms with E-state index in [-0.39, 0.29) is 11.8 Å². The van der Waals surface area contributed by atoms with E-state index in [9.17, 15) is 9.59 Å². The molecule has 1 aromatic carbocycles. The molecule has 2 heterocycles. The Labute approximate surface area is 153 Å². The van der Waals surface area contributed by atoms with Crippen LogP contribution in [-0.2, 0) is 4.79 Å². The van der Waals surface area contributed by atoms with Crippen LogP contribution in [0, 0.1) is 5.92 Å². The summed E-state index contributed by atoms with van der Waals surface area (Å²) in [7, 11) is 0. The topological polar surface area (TPSA) is 74.3 Å². The van der Waals surface area contributed by atoms with Crippen LogP contribution in [0.1, 0.15) is 37.2 Å². The van der Waals surface area contributed by atoms with Crippen LogP contribution in [0.5, 0.6) is 0 Å². The second-order valence-corrected chi connectivity index (χ2v) is 6.81. The fraction of sp³-hybridized carbons (Fsp3) is 0.350. The Morgan fingerprint density at radius 3 is 2.58 bits per heavy atom. The highest BCUT2D eigenvalue weighted by Crippen LogP contribution is 2.22. The maximum Gasteiger partial charge on any atom is 0.274 e. The van der Waals surface area contributed by atoms with Crippen LogP contribution in [0.25, 0.3) is 0 Å². The van der Waals surface area contributed by atoms with Crippen molar-refractivity contribution in [2.75, 3.05) is 28.6 Å². The van der Waals surface area contributed by atoms with E-state index >= 15 is 0 Å². The number of hydrogen-bond donors (Lipinski definition) is 2. The van der Waals surface area contributed by atoms with Crippen molar-refractivity contribution in [1.82, 2.24) is 4.98 Å². The van der Waals surface area contributed by atoms with Crippen LogP contribution in [0.3, 0.4) is 0 Å². The van der Waals surface area contributed by atoms with Gasteiger partial charge in [-0.3, -0.25) is 9.59 Å². The number of piperidine rings is 1. The summed E-state index contributed by atoms with van der Waals surface area (Å²) in [5.74, 6) is 0.254. The molecule has 2 N–H and O–H groups in total. The second kappa shape index (κ2) is 7.99. The summed E-state index contributed by atoms with van der Waals surface area (Å²) in [6.07, 6.45) is 4.22. The molecule has 0 bridgehead atoms. The first-order valence-corrected chi connectivity index (χ1v) is 8.91. The predicted molar refractivity (Wildman–Crippen MR) is 104 cm³/mol. The van der Waals surface area contributed by atoms with E-state index in [4.69, 9.17) is 0 Å². The molecule has 0 aliphatic carbocycles. The smallest absolute Gasteiger partial charge is 0.274 e. The molecule has 1 fully saturated rings. The lowest BCUT2D eigenvalue weighted by molar-refractivity contribution is -0.114. The lowest BCUT2D eigenvalue weighted by Gasteiger charge is -2.32. The largest absolute Gasteiger partial charge is 0.370 e. The fourth-order valence-electron chi connectivity index (χ4n) is 3.20. The van der Waals surface area contributed by atoms with Crippen LogP contribution in [-0.4, -0.2) is 29.9 Å². The number of hydrogen-bond acceptors (Lipinski definition) is 4. The molecular weight excluding hydrogens is 328 g/mol. The minimum absolute atomic E-state index is 0.155. The molecule has 2 amide bonds. The van der Waals surface area contributed by atoms with Crippen LogP contribution >= 0.6 is 0 Å². The molecular formula is C20H24N4O2. The Morgan fingerprint density at radius 2 is 1.92 bits per heavy atom. The van der Waals surface area contributed by atoms with Gasteiger partial charge in [-0.25, -0.2) is 4.98 Å². The van der Waals surface area contributed by atoms with Gasteiger partial charge in [0.05, 0.1) is 11.9 Å². The van der Waals surface area contributed by atoms with E-state index in [0.717, 1.165) is 18.8 Å². The average molecular weight is 352 g/mol. The zero-order chi connectivity index (χ0) is 18.5. The molecule has 1 aliphatic rings. The first-order valence-electron chi connectivity index (χ1n) is 8.91. The quantitative estimate of drug-likeness (QED) is 0.883. The summed E-state index contributed by atoms with van der Waals surface area (Å²) in [5, 5.41) is 5.51. The van der Waals surface area contributed by atoms with Gasteiger partial charge in [0.2, 0.25) is 5.91 Å². The van der Waals surface area contributed by atoms with Crippen LogP contribution < -0.4 is 15.5 Å². The zero-order valence-corrected chi connectivity index (χ0v) is 15.2. The maximum absolute atomic E-state index is 12.4. The van der Waals surface area contributed by atoms with E-state index in [0.29, 0.717) is 23.0 Å². The number of pyridine rings is 1.